The van der Waals surface area contributed by atoms with Crippen LogP contribution in [0.4, 0.5) is 5.82 Å². The number of fused-ring (bicyclic) bond motifs is 3. The number of aromatic amines is 1. The molecule has 3 aliphatic rings. The lowest BCUT2D eigenvalue weighted by Crippen LogP contribution is -2.48. The van der Waals surface area contributed by atoms with E-state index in [0.29, 0.717) is 16.5 Å². The maximum atomic E-state index is 13.7. The molecule has 2 atom stereocenters. The van der Waals surface area contributed by atoms with E-state index in [1.54, 1.807) is 6.20 Å². The van der Waals surface area contributed by atoms with Gasteiger partial charge in [-0.3, -0.25) is 19.2 Å². The molecular weight excluding hydrogens is 622 g/mol. The summed E-state index contributed by atoms with van der Waals surface area (Å²) in [6, 6.07) is 10.3. The molecule has 2 N–H and O–H groups in total. The number of hydrogen-bond donors (Lipinski definition) is 2. The number of anilines is 1. The van der Waals surface area contributed by atoms with E-state index in [-0.39, 0.29) is 24.1 Å². The van der Waals surface area contributed by atoms with Gasteiger partial charge in [-0.05, 0) is 137 Å². The number of nitrogens with zero attached hydrogens (tertiary/aromatic N) is 5. The Balaban J connectivity index is 1.02. The Hall–Kier alpha value is -3.98. The highest BCUT2D eigenvalue weighted by Gasteiger charge is 2.40. The molecule has 50 heavy (non-hydrogen) atoms. The highest BCUT2D eigenvalue weighted by atomic mass is 16.1. The van der Waals surface area contributed by atoms with Gasteiger partial charge >= 0.3 is 0 Å². The molecule has 7 rings (SSSR count). The predicted octanol–water partition coefficient (Wildman–Crippen LogP) is 7.28. The fraction of sp³-hybridized carbons (Fsp3) is 0.561. The number of carbonyl (C=O) groups is 1. The maximum absolute atomic E-state index is 13.7. The third-order valence-corrected chi connectivity index (χ3v) is 11.9. The standard InChI is InChI=1S/C41H55N7O2/c1-26(2)48-37-20-33(19-34(36(37)25-44-48)39(49)43-24-35-28(4)17-29(5)45-40(35)50)32-7-8-38(42-23-32)47-13-11-46(12-14-47)10-9-41(6)21-30-15-27(3)16-31(18-30)22-41/h7-8,17,19-20,23,25-27,30-31H,9-16,18,21-22,24H2,1-6H3,(H,43,49)(H,45,50). The van der Waals surface area contributed by atoms with Crippen LogP contribution in [0, 0.1) is 37.0 Å². The molecule has 2 unspecified atom stereocenters. The fourth-order valence-corrected chi connectivity index (χ4v) is 9.56. The van der Waals surface area contributed by atoms with Crippen LogP contribution in [0.1, 0.15) is 99.4 Å². The van der Waals surface area contributed by atoms with Crippen molar-refractivity contribution in [3.05, 3.63) is 75.5 Å². The molecule has 9 heteroatoms. The number of benzene rings is 1. The zero-order chi connectivity index (χ0) is 35.2. The van der Waals surface area contributed by atoms with Crippen molar-refractivity contribution < 1.29 is 4.79 Å². The van der Waals surface area contributed by atoms with Gasteiger partial charge in [-0.15, -0.1) is 0 Å². The second kappa shape index (κ2) is 14.0. The van der Waals surface area contributed by atoms with Crippen molar-refractivity contribution in [1.82, 2.24) is 30.0 Å². The van der Waals surface area contributed by atoms with Crippen LogP contribution in [-0.4, -0.2) is 63.3 Å². The SMILES string of the molecule is Cc1cc(C)c(CNC(=O)c2cc(-c3ccc(N4CCN(CCC5(C)CC6CC(C)CC(C6)C5)CC4)nc3)cc3c2cnn3C(C)C)c(=O)[nH]1. The van der Waals surface area contributed by atoms with Gasteiger partial charge in [0.15, 0.2) is 0 Å². The summed E-state index contributed by atoms with van der Waals surface area (Å²) in [5.74, 6) is 3.60. The fourth-order valence-electron chi connectivity index (χ4n) is 9.56. The molecule has 3 fully saturated rings. The molecule has 3 aromatic heterocycles. The van der Waals surface area contributed by atoms with Crippen molar-refractivity contribution in [1.29, 1.82) is 0 Å². The van der Waals surface area contributed by atoms with E-state index in [9.17, 15) is 9.59 Å². The van der Waals surface area contributed by atoms with Crippen molar-refractivity contribution >= 4 is 22.6 Å². The average Bonchev–Trinajstić information content (AvgIpc) is 3.51. The van der Waals surface area contributed by atoms with Crippen molar-refractivity contribution in [2.75, 3.05) is 37.6 Å². The molecule has 0 spiro atoms. The molecule has 266 valence electrons. The van der Waals surface area contributed by atoms with Gasteiger partial charge in [0.1, 0.15) is 5.82 Å². The number of pyridine rings is 2. The molecule has 2 aliphatic carbocycles. The summed E-state index contributed by atoms with van der Waals surface area (Å²) in [6.07, 6.45) is 12.2. The van der Waals surface area contributed by atoms with Crippen molar-refractivity contribution in [2.24, 2.45) is 23.2 Å². The van der Waals surface area contributed by atoms with Crippen LogP contribution in [0.15, 0.2) is 47.5 Å². The Kier molecular flexibility index (Phi) is 9.63. The van der Waals surface area contributed by atoms with Crippen LogP contribution in [0.3, 0.4) is 0 Å². The van der Waals surface area contributed by atoms with Gasteiger partial charge in [-0.1, -0.05) is 13.8 Å². The van der Waals surface area contributed by atoms with E-state index in [0.717, 1.165) is 83.0 Å². The quantitative estimate of drug-likeness (QED) is 0.193. The molecule has 2 saturated carbocycles. The van der Waals surface area contributed by atoms with Crippen molar-refractivity contribution in [2.45, 2.75) is 92.7 Å². The topological polar surface area (TPSA) is 99.2 Å². The minimum Gasteiger partial charge on any atom is -0.354 e. The van der Waals surface area contributed by atoms with Gasteiger partial charge in [0.2, 0.25) is 0 Å². The first-order chi connectivity index (χ1) is 23.9. The maximum Gasteiger partial charge on any atom is 0.253 e. The van der Waals surface area contributed by atoms with Gasteiger partial charge < -0.3 is 15.2 Å². The summed E-state index contributed by atoms with van der Waals surface area (Å²) < 4.78 is 1.95. The van der Waals surface area contributed by atoms with Gasteiger partial charge in [-0.25, -0.2) is 4.98 Å². The number of H-pyrrole nitrogens is 1. The minimum absolute atomic E-state index is 0.126. The number of nitrogens with one attached hydrogen (secondary N) is 2. The Morgan fingerprint density at radius 2 is 1.74 bits per heavy atom. The summed E-state index contributed by atoms with van der Waals surface area (Å²) in [5.41, 5.74) is 5.85. The van der Waals surface area contributed by atoms with E-state index < -0.39 is 0 Å². The number of piperazine rings is 1. The Bertz CT molecular complexity index is 1880. The molecule has 0 radical (unpaired) electrons. The molecule has 1 aliphatic heterocycles. The predicted molar refractivity (Wildman–Crippen MR) is 202 cm³/mol. The summed E-state index contributed by atoms with van der Waals surface area (Å²) in [7, 11) is 0. The van der Waals surface area contributed by atoms with Crippen molar-refractivity contribution in [3.8, 4) is 11.1 Å². The molecule has 1 amide bonds. The summed E-state index contributed by atoms with van der Waals surface area (Å²) >= 11 is 0. The first-order valence-corrected chi connectivity index (χ1v) is 18.9. The highest BCUT2D eigenvalue weighted by molar-refractivity contribution is 6.08. The minimum atomic E-state index is -0.239. The zero-order valence-corrected chi connectivity index (χ0v) is 30.9. The van der Waals surface area contributed by atoms with E-state index in [1.165, 1.54) is 45.1 Å². The van der Waals surface area contributed by atoms with E-state index >= 15 is 0 Å². The lowest BCUT2D eigenvalue weighted by molar-refractivity contribution is 0.0334. The number of amides is 1. The largest absolute Gasteiger partial charge is 0.354 e. The molecular formula is C41H55N7O2. The molecule has 2 bridgehead atoms. The normalized spacial score (nSPS) is 24.2. The number of aryl methyl sites for hydroxylation is 2. The second-order valence-electron chi connectivity index (χ2n) is 16.5. The summed E-state index contributed by atoms with van der Waals surface area (Å²) in [6.45, 7) is 18.4. The number of carbonyl (C=O) groups excluding carboxylic acids is 1. The Morgan fingerprint density at radius 1 is 1.00 bits per heavy atom. The van der Waals surface area contributed by atoms with Gasteiger partial charge in [-0.2, -0.15) is 5.10 Å². The second-order valence-corrected chi connectivity index (χ2v) is 16.5. The Labute approximate surface area is 296 Å². The van der Waals surface area contributed by atoms with Crippen LogP contribution in [0.5, 0.6) is 0 Å². The van der Waals surface area contributed by atoms with E-state index in [1.807, 2.05) is 36.9 Å². The van der Waals surface area contributed by atoms with Crippen molar-refractivity contribution in [3.63, 3.8) is 0 Å². The summed E-state index contributed by atoms with van der Waals surface area (Å²) in [4.78, 5) is 39.1. The van der Waals surface area contributed by atoms with Gasteiger partial charge in [0.05, 0.1) is 17.3 Å². The molecule has 4 aromatic rings. The van der Waals surface area contributed by atoms with E-state index in [4.69, 9.17) is 4.98 Å². The third kappa shape index (κ3) is 7.25. The third-order valence-electron chi connectivity index (χ3n) is 11.9. The number of rotatable bonds is 9. The molecule has 9 nitrogen and oxygen atoms in total. The first kappa shape index (κ1) is 34.5. The zero-order valence-electron chi connectivity index (χ0n) is 30.9. The lowest BCUT2D eigenvalue weighted by atomic mass is 9.58. The monoisotopic (exact) mass is 677 g/mol. The molecule has 1 aromatic carbocycles. The Morgan fingerprint density at radius 3 is 2.40 bits per heavy atom. The first-order valence-electron chi connectivity index (χ1n) is 18.9. The van der Waals surface area contributed by atoms with Gasteiger partial charge in [0, 0.05) is 67.2 Å². The van der Waals surface area contributed by atoms with Gasteiger partial charge in [0.25, 0.3) is 11.5 Å². The van der Waals surface area contributed by atoms with Crippen LogP contribution in [-0.2, 0) is 6.54 Å². The summed E-state index contributed by atoms with van der Waals surface area (Å²) in [5, 5.41) is 8.41. The van der Waals surface area contributed by atoms with E-state index in [2.05, 4.69) is 71.1 Å². The lowest BCUT2D eigenvalue weighted by Gasteiger charge is -2.48. The van der Waals surface area contributed by atoms with Crippen LogP contribution < -0.4 is 15.8 Å². The highest BCUT2D eigenvalue weighted by Crippen LogP contribution is 2.51. The number of aromatic nitrogens is 4. The number of hydrogen-bond acceptors (Lipinski definition) is 6. The average molecular weight is 678 g/mol. The van der Waals surface area contributed by atoms with Crippen LogP contribution >= 0.6 is 0 Å². The molecule has 4 heterocycles. The smallest absolute Gasteiger partial charge is 0.253 e. The molecule has 1 saturated heterocycles. The van der Waals surface area contributed by atoms with Crippen LogP contribution in [0.25, 0.3) is 22.0 Å². The van der Waals surface area contributed by atoms with Crippen LogP contribution in [0.2, 0.25) is 0 Å².